The van der Waals surface area contributed by atoms with Crippen molar-refractivity contribution < 1.29 is 0 Å². The van der Waals surface area contributed by atoms with Crippen LogP contribution in [-0.2, 0) is 5.88 Å². The molecule has 2 aromatic heterocycles. The highest BCUT2D eigenvalue weighted by molar-refractivity contribution is 6.16. The molecule has 96 valence electrons. The number of fused-ring (bicyclic) bond motifs is 1. The fourth-order valence-electron chi connectivity index (χ4n) is 3.10. The van der Waals surface area contributed by atoms with Crippen LogP contribution in [0.5, 0.6) is 0 Å². The Morgan fingerprint density at radius 1 is 1.39 bits per heavy atom. The van der Waals surface area contributed by atoms with Gasteiger partial charge < -0.3 is 4.57 Å². The summed E-state index contributed by atoms with van der Waals surface area (Å²) in [5.74, 6) is 2.10. The van der Waals surface area contributed by atoms with Crippen molar-refractivity contribution >= 4 is 22.8 Å². The van der Waals surface area contributed by atoms with E-state index in [1.807, 2.05) is 18.3 Å². The smallest absolute Gasteiger partial charge is 0.160 e. The minimum atomic E-state index is 0.458. The Morgan fingerprint density at radius 2 is 2.22 bits per heavy atom. The molecule has 0 spiro atoms. The largest absolute Gasteiger partial charge is 0.308 e. The second kappa shape index (κ2) is 4.88. The van der Waals surface area contributed by atoms with Crippen LogP contribution in [-0.4, -0.2) is 14.5 Å². The molecule has 2 unspecified atom stereocenters. The van der Waals surface area contributed by atoms with Crippen LogP contribution in [0.4, 0.5) is 0 Å². The second-order valence-electron chi connectivity index (χ2n) is 5.21. The van der Waals surface area contributed by atoms with E-state index in [2.05, 4.69) is 21.5 Å². The maximum absolute atomic E-state index is 6.06. The average molecular weight is 264 g/mol. The predicted octanol–water partition coefficient (Wildman–Crippen LogP) is 3.92. The third-order valence-electron chi connectivity index (χ3n) is 4.04. The number of rotatable bonds is 2. The number of imidazole rings is 1. The monoisotopic (exact) mass is 263 g/mol. The molecule has 4 heteroatoms. The Balaban J connectivity index is 2.13. The van der Waals surface area contributed by atoms with Gasteiger partial charge >= 0.3 is 0 Å². The summed E-state index contributed by atoms with van der Waals surface area (Å²) in [6.07, 6.45) is 6.98. The summed E-state index contributed by atoms with van der Waals surface area (Å²) in [5.41, 5.74) is 1.96. The van der Waals surface area contributed by atoms with Crippen LogP contribution in [0.25, 0.3) is 11.2 Å². The van der Waals surface area contributed by atoms with E-state index in [1.165, 1.54) is 25.7 Å². The van der Waals surface area contributed by atoms with Gasteiger partial charge in [0.1, 0.15) is 11.3 Å². The number of nitrogens with zero attached hydrogens (tertiary/aromatic N) is 3. The van der Waals surface area contributed by atoms with Gasteiger partial charge in [-0.15, -0.1) is 11.6 Å². The van der Waals surface area contributed by atoms with Gasteiger partial charge in [-0.3, -0.25) is 0 Å². The fourth-order valence-corrected chi connectivity index (χ4v) is 3.29. The summed E-state index contributed by atoms with van der Waals surface area (Å²) in [5, 5.41) is 0. The molecule has 0 saturated heterocycles. The molecule has 0 radical (unpaired) electrons. The molecule has 0 N–H and O–H groups in total. The molecule has 0 bridgehead atoms. The lowest BCUT2D eigenvalue weighted by Gasteiger charge is -2.31. The maximum Gasteiger partial charge on any atom is 0.160 e. The minimum absolute atomic E-state index is 0.458. The molecule has 2 aromatic rings. The Labute approximate surface area is 112 Å². The van der Waals surface area contributed by atoms with Crippen LogP contribution in [0, 0.1) is 5.92 Å². The summed E-state index contributed by atoms with van der Waals surface area (Å²) in [4.78, 5) is 9.11. The topological polar surface area (TPSA) is 30.7 Å². The van der Waals surface area contributed by atoms with Crippen molar-refractivity contribution in [3.05, 3.63) is 24.2 Å². The molecule has 0 amide bonds. The zero-order valence-corrected chi connectivity index (χ0v) is 11.4. The number of aromatic nitrogens is 3. The first-order valence-electron chi connectivity index (χ1n) is 6.69. The zero-order valence-electron chi connectivity index (χ0n) is 10.6. The number of pyridine rings is 1. The van der Waals surface area contributed by atoms with Gasteiger partial charge in [0.25, 0.3) is 0 Å². The molecule has 3 rings (SSSR count). The summed E-state index contributed by atoms with van der Waals surface area (Å²) in [7, 11) is 0. The molecule has 2 atom stereocenters. The first-order valence-corrected chi connectivity index (χ1v) is 7.22. The zero-order chi connectivity index (χ0) is 12.5. The van der Waals surface area contributed by atoms with E-state index in [9.17, 15) is 0 Å². The molecule has 1 saturated carbocycles. The Bertz CT molecular complexity index is 549. The highest BCUT2D eigenvalue weighted by Crippen LogP contribution is 2.36. The summed E-state index contributed by atoms with van der Waals surface area (Å²) in [6.45, 7) is 2.33. The highest BCUT2D eigenvalue weighted by atomic mass is 35.5. The van der Waals surface area contributed by atoms with Crippen molar-refractivity contribution in [3.63, 3.8) is 0 Å². The molecule has 1 aliphatic carbocycles. The molecule has 0 aliphatic heterocycles. The summed E-state index contributed by atoms with van der Waals surface area (Å²) < 4.78 is 2.28. The number of alkyl halides is 1. The van der Waals surface area contributed by atoms with Gasteiger partial charge in [-0.2, -0.15) is 0 Å². The SMILES string of the molecule is CC1CCCCC1n1c(CCl)nc2cccnc21. The Kier molecular flexibility index (Phi) is 3.25. The molecule has 1 aliphatic rings. The van der Waals surface area contributed by atoms with Crippen LogP contribution in [0.15, 0.2) is 18.3 Å². The lowest BCUT2D eigenvalue weighted by Crippen LogP contribution is -2.22. The first-order chi connectivity index (χ1) is 8.81. The Morgan fingerprint density at radius 3 is 3.00 bits per heavy atom. The van der Waals surface area contributed by atoms with Gasteiger partial charge in [0.15, 0.2) is 5.65 Å². The van der Waals surface area contributed by atoms with Crippen molar-refractivity contribution in [2.75, 3.05) is 0 Å². The van der Waals surface area contributed by atoms with Crippen molar-refractivity contribution in [1.82, 2.24) is 14.5 Å². The highest BCUT2D eigenvalue weighted by Gasteiger charge is 2.26. The summed E-state index contributed by atoms with van der Waals surface area (Å²) >= 11 is 6.06. The van der Waals surface area contributed by atoms with E-state index in [-0.39, 0.29) is 0 Å². The molecule has 0 aromatic carbocycles. The predicted molar refractivity (Wildman–Crippen MR) is 73.8 cm³/mol. The molecule has 2 heterocycles. The normalized spacial score (nSPS) is 24.6. The van der Waals surface area contributed by atoms with E-state index < -0.39 is 0 Å². The molecule has 3 nitrogen and oxygen atoms in total. The van der Waals surface area contributed by atoms with Crippen LogP contribution in [0.2, 0.25) is 0 Å². The van der Waals surface area contributed by atoms with E-state index in [0.29, 0.717) is 17.8 Å². The van der Waals surface area contributed by atoms with E-state index in [1.54, 1.807) is 0 Å². The minimum Gasteiger partial charge on any atom is -0.308 e. The van der Waals surface area contributed by atoms with Crippen LogP contribution < -0.4 is 0 Å². The van der Waals surface area contributed by atoms with Crippen molar-refractivity contribution in [3.8, 4) is 0 Å². The fraction of sp³-hybridized carbons (Fsp3) is 0.571. The van der Waals surface area contributed by atoms with E-state index >= 15 is 0 Å². The lowest BCUT2D eigenvalue weighted by molar-refractivity contribution is 0.258. The first kappa shape index (κ1) is 12.0. The van der Waals surface area contributed by atoms with Crippen molar-refractivity contribution in [1.29, 1.82) is 0 Å². The number of hydrogen-bond acceptors (Lipinski definition) is 2. The third kappa shape index (κ3) is 1.91. The summed E-state index contributed by atoms with van der Waals surface area (Å²) in [6, 6.07) is 4.46. The maximum atomic E-state index is 6.06. The quantitative estimate of drug-likeness (QED) is 0.769. The van der Waals surface area contributed by atoms with Gasteiger partial charge in [0, 0.05) is 12.2 Å². The van der Waals surface area contributed by atoms with Crippen molar-refractivity contribution in [2.24, 2.45) is 5.92 Å². The van der Waals surface area contributed by atoms with Gasteiger partial charge in [-0.05, 0) is 30.9 Å². The van der Waals surface area contributed by atoms with Gasteiger partial charge in [0.05, 0.1) is 5.88 Å². The van der Waals surface area contributed by atoms with Crippen LogP contribution in [0.3, 0.4) is 0 Å². The van der Waals surface area contributed by atoms with Gasteiger partial charge in [-0.25, -0.2) is 9.97 Å². The molecule has 1 fully saturated rings. The Hall–Kier alpha value is -1.09. The van der Waals surface area contributed by atoms with Crippen LogP contribution >= 0.6 is 11.6 Å². The third-order valence-corrected chi connectivity index (χ3v) is 4.28. The lowest BCUT2D eigenvalue weighted by atomic mass is 9.85. The number of halogens is 1. The standard InChI is InChI=1S/C14H18ClN3/c1-10-5-2-3-7-12(10)18-13(9-15)17-11-6-4-8-16-14(11)18/h4,6,8,10,12H,2-3,5,7,9H2,1H3. The number of hydrogen-bond donors (Lipinski definition) is 0. The molecular formula is C14H18ClN3. The molecular weight excluding hydrogens is 246 g/mol. The van der Waals surface area contributed by atoms with E-state index in [0.717, 1.165) is 17.0 Å². The van der Waals surface area contributed by atoms with Crippen LogP contribution in [0.1, 0.15) is 44.5 Å². The van der Waals surface area contributed by atoms with Gasteiger partial charge in [-0.1, -0.05) is 19.8 Å². The van der Waals surface area contributed by atoms with Crippen molar-refractivity contribution in [2.45, 2.75) is 44.5 Å². The van der Waals surface area contributed by atoms with Gasteiger partial charge in [0.2, 0.25) is 0 Å². The average Bonchev–Trinajstić information content (AvgIpc) is 2.78. The second-order valence-corrected chi connectivity index (χ2v) is 5.47. The van der Waals surface area contributed by atoms with E-state index in [4.69, 9.17) is 11.6 Å². The molecule has 18 heavy (non-hydrogen) atoms.